The first-order valence-electron chi connectivity index (χ1n) is 12.7. The third kappa shape index (κ3) is 7.70. The molecule has 0 aliphatic heterocycles. The van der Waals surface area contributed by atoms with Gasteiger partial charge in [0.05, 0.1) is 25.6 Å². The summed E-state index contributed by atoms with van der Waals surface area (Å²) in [7, 11) is 1.67. The number of hydrogen-bond donors (Lipinski definition) is 0. The molecule has 0 aliphatic carbocycles. The van der Waals surface area contributed by atoms with Gasteiger partial charge in [0.1, 0.15) is 11.4 Å². The van der Waals surface area contributed by atoms with E-state index in [-0.39, 0.29) is 10.4 Å². The maximum absolute atomic E-state index is 12.1. The molecule has 0 amide bonds. The Balaban J connectivity index is 1.93. The predicted octanol–water partition coefficient (Wildman–Crippen LogP) is 7.25. The van der Waals surface area contributed by atoms with E-state index in [1.54, 1.807) is 14.0 Å². The van der Waals surface area contributed by atoms with Crippen LogP contribution in [0.15, 0.2) is 84.9 Å². The number of methoxy groups -OCH3 is 1. The molecule has 0 bridgehead atoms. The quantitative estimate of drug-likeness (QED) is 0.160. The summed E-state index contributed by atoms with van der Waals surface area (Å²) in [6.07, 6.45) is 4.62. The van der Waals surface area contributed by atoms with Crippen LogP contribution >= 0.6 is 11.8 Å². The second-order valence-corrected chi connectivity index (χ2v) is 10.3. The highest BCUT2D eigenvalue weighted by atomic mass is 32.2. The number of ether oxygens (including phenoxy) is 3. The monoisotopic (exact) mass is 506 g/mol. The van der Waals surface area contributed by atoms with E-state index in [9.17, 15) is 4.79 Å². The van der Waals surface area contributed by atoms with Crippen molar-refractivity contribution in [3.05, 3.63) is 102 Å². The minimum Gasteiger partial charge on any atom is -0.497 e. The molecule has 0 N–H and O–H groups in total. The lowest BCUT2D eigenvalue weighted by molar-refractivity contribution is -0.109. The Kier molecular flexibility index (Phi) is 11.5. The maximum atomic E-state index is 12.1. The summed E-state index contributed by atoms with van der Waals surface area (Å²) in [5.41, 5.74) is 2.18. The Labute approximate surface area is 220 Å². The largest absolute Gasteiger partial charge is 0.497 e. The lowest BCUT2D eigenvalue weighted by atomic mass is 9.80. The molecular formula is C31H38O4S. The van der Waals surface area contributed by atoms with Gasteiger partial charge in [-0.3, -0.25) is 4.79 Å². The summed E-state index contributed by atoms with van der Waals surface area (Å²) in [5.74, 6) is 0.787. The van der Waals surface area contributed by atoms with Crippen LogP contribution in [0.4, 0.5) is 0 Å². The molecule has 36 heavy (non-hydrogen) atoms. The van der Waals surface area contributed by atoms with Crippen molar-refractivity contribution in [2.75, 3.05) is 26.9 Å². The SMILES string of the molecule is CCCCCCOC[C@H](COC(c1ccccc1)(c1ccccc1)c1ccc(OC)cc1)SC(C)=O. The van der Waals surface area contributed by atoms with Gasteiger partial charge in [0.25, 0.3) is 0 Å². The van der Waals surface area contributed by atoms with E-state index in [4.69, 9.17) is 14.2 Å². The second-order valence-electron chi connectivity index (χ2n) is 8.82. The molecule has 5 heteroatoms. The first-order valence-corrected chi connectivity index (χ1v) is 13.6. The highest BCUT2D eigenvalue weighted by Crippen LogP contribution is 2.41. The van der Waals surface area contributed by atoms with Crippen molar-refractivity contribution in [1.29, 1.82) is 0 Å². The van der Waals surface area contributed by atoms with Crippen LogP contribution in [-0.4, -0.2) is 37.3 Å². The van der Waals surface area contributed by atoms with Gasteiger partial charge < -0.3 is 14.2 Å². The Morgan fingerprint density at radius 3 is 1.92 bits per heavy atom. The summed E-state index contributed by atoms with van der Waals surface area (Å²) >= 11 is 1.29. The normalized spacial score (nSPS) is 12.3. The van der Waals surface area contributed by atoms with E-state index in [2.05, 4.69) is 43.3 Å². The van der Waals surface area contributed by atoms with Crippen molar-refractivity contribution < 1.29 is 19.0 Å². The van der Waals surface area contributed by atoms with Gasteiger partial charge in [0.15, 0.2) is 5.12 Å². The minimum absolute atomic E-state index is 0.0626. The van der Waals surface area contributed by atoms with Crippen molar-refractivity contribution >= 4 is 16.9 Å². The fourth-order valence-corrected chi connectivity index (χ4v) is 5.11. The van der Waals surface area contributed by atoms with Crippen LogP contribution in [0.25, 0.3) is 0 Å². The average Bonchev–Trinajstić information content (AvgIpc) is 2.92. The Hall–Kier alpha value is -2.60. The summed E-state index contributed by atoms with van der Waals surface area (Å²) in [5, 5.41) is -0.0497. The first-order chi connectivity index (χ1) is 17.6. The van der Waals surface area contributed by atoms with Crippen molar-refractivity contribution in [3.8, 4) is 5.75 Å². The molecule has 0 saturated carbocycles. The van der Waals surface area contributed by atoms with E-state index in [0.717, 1.165) is 28.9 Å². The smallest absolute Gasteiger partial charge is 0.186 e. The zero-order valence-electron chi connectivity index (χ0n) is 21.7. The third-order valence-electron chi connectivity index (χ3n) is 6.12. The maximum Gasteiger partial charge on any atom is 0.186 e. The van der Waals surface area contributed by atoms with Crippen LogP contribution in [0.1, 0.15) is 56.2 Å². The molecule has 0 unspecified atom stereocenters. The van der Waals surface area contributed by atoms with Crippen molar-refractivity contribution in [2.45, 2.75) is 50.4 Å². The molecule has 0 spiro atoms. The molecule has 0 fully saturated rings. The molecule has 0 aliphatic rings. The van der Waals surface area contributed by atoms with Crippen LogP contribution in [0.2, 0.25) is 0 Å². The number of benzene rings is 3. The van der Waals surface area contributed by atoms with Gasteiger partial charge in [-0.05, 0) is 35.2 Å². The fourth-order valence-electron chi connectivity index (χ4n) is 4.34. The number of rotatable bonds is 15. The molecule has 0 saturated heterocycles. The molecule has 4 nitrogen and oxygen atoms in total. The molecule has 3 rings (SSSR count). The predicted molar refractivity (Wildman–Crippen MR) is 149 cm³/mol. The van der Waals surface area contributed by atoms with Crippen molar-refractivity contribution in [2.24, 2.45) is 0 Å². The van der Waals surface area contributed by atoms with E-state index in [0.29, 0.717) is 19.8 Å². The van der Waals surface area contributed by atoms with Crippen LogP contribution in [-0.2, 0) is 19.9 Å². The Morgan fingerprint density at radius 1 is 0.806 bits per heavy atom. The highest BCUT2D eigenvalue weighted by molar-refractivity contribution is 8.14. The molecule has 192 valence electrons. The lowest BCUT2D eigenvalue weighted by Crippen LogP contribution is -2.36. The van der Waals surface area contributed by atoms with Crippen LogP contribution in [0.3, 0.4) is 0 Å². The molecule has 0 radical (unpaired) electrons. The van der Waals surface area contributed by atoms with E-state index >= 15 is 0 Å². The van der Waals surface area contributed by atoms with Crippen LogP contribution in [0, 0.1) is 0 Å². The van der Waals surface area contributed by atoms with Gasteiger partial charge in [-0.1, -0.05) is 111 Å². The number of thioether (sulfide) groups is 1. The molecule has 1 atom stereocenters. The highest BCUT2D eigenvalue weighted by Gasteiger charge is 2.38. The molecular weight excluding hydrogens is 468 g/mol. The average molecular weight is 507 g/mol. The molecule has 0 heterocycles. The standard InChI is InChI=1S/C31H38O4S/c1-4-5-6-13-22-34-23-30(36-25(2)32)24-35-31(26-14-9-7-10-15-26,27-16-11-8-12-17-27)28-18-20-29(33-3)21-19-28/h7-12,14-21,30H,4-6,13,22-24H2,1-3H3/t30-/m1/s1. The first kappa shape index (κ1) is 28.0. The number of unbranched alkanes of at least 4 members (excludes halogenated alkanes) is 3. The Bertz CT molecular complexity index is 982. The fraction of sp³-hybridized carbons (Fsp3) is 0.387. The van der Waals surface area contributed by atoms with E-state index in [1.807, 2.05) is 48.5 Å². The van der Waals surface area contributed by atoms with Gasteiger partial charge in [0.2, 0.25) is 0 Å². The molecule has 3 aromatic carbocycles. The number of carbonyl (C=O) groups is 1. The second kappa shape index (κ2) is 14.8. The number of carbonyl (C=O) groups excluding carboxylic acids is 1. The lowest BCUT2D eigenvalue weighted by Gasteiger charge is -2.37. The summed E-state index contributed by atoms with van der Waals surface area (Å²) in [6, 6.07) is 28.5. The zero-order valence-corrected chi connectivity index (χ0v) is 22.5. The molecule has 0 aromatic heterocycles. The third-order valence-corrected chi connectivity index (χ3v) is 7.06. The summed E-state index contributed by atoms with van der Waals surface area (Å²) in [4.78, 5) is 12.1. The molecule has 3 aromatic rings. The van der Waals surface area contributed by atoms with E-state index in [1.165, 1.54) is 31.0 Å². The van der Waals surface area contributed by atoms with Gasteiger partial charge >= 0.3 is 0 Å². The minimum atomic E-state index is -0.856. The summed E-state index contributed by atoms with van der Waals surface area (Å²) < 4.78 is 18.3. The van der Waals surface area contributed by atoms with Crippen LogP contribution < -0.4 is 4.74 Å². The van der Waals surface area contributed by atoms with E-state index < -0.39 is 5.60 Å². The van der Waals surface area contributed by atoms with Gasteiger partial charge in [-0.2, -0.15) is 0 Å². The van der Waals surface area contributed by atoms with Gasteiger partial charge in [-0.15, -0.1) is 0 Å². The zero-order chi connectivity index (χ0) is 25.6. The van der Waals surface area contributed by atoms with Crippen LogP contribution in [0.5, 0.6) is 5.75 Å². The van der Waals surface area contributed by atoms with Crippen molar-refractivity contribution in [1.82, 2.24) is 0 Å². The van der Waals surface area contributed by atoms with Crippen molar-refractivity contribution in [3.63, 3.8) is 0 Å². The Morgan fingerprint density at radius 2 is 1.39 bits per heavy atom. The number of hydrogen-bond acceptors (Lipinski definition) is 5. The summed E-state index contributed by atoms with van der Waals surface area (Å²) in [6.45, 7) is 5.33. The van der Waals surface area contributed by atoms with Gasteiger partial charge in [0, 0.05) is 13.5 Å². The van der Waals surface area contributed by atoms with Gasteiger partial charge in [-0.25, -0.2) is 0 Å². The topological polar surface area (TPSA) is 44.8 Å².